The standard InChI is InChI=1S/C17H14ClN3O2/c18-11-4-5-13-15(9-11)21-10-14(16(13)22)17(23)20-8-6-12-3-1-2-7-19-12/h1-5,7,9-10H,6,8H2,(H,20,23)(H,21,22). The van der Waals surface area contributed by atoms with Crippen molar-refractivity contribution in [1.29, 1.82) is 0 Å². The molecule has 0 aliphatic heterocycles. The normalized spacial score (nSPS) is 10.7. The van der Waals surface area contributed by atoms with E-state index in [1.54, 1.807) is 24.4 Å². The first-order valence-electron chi connectivity index (χ1n) is 7.14. The minimum atomic E-state index is -0.404. The van der Waals surface area contributed by atoms with Crippen LogP contribution < -0.4 is 10.7 Å². The van der Waals surface area contributed by atoms with Crippen molar-refractivity contribution in [2.45, 2.75) is 6.42 Å². The lowest BCUT2D eigenvalue weighted by molar-refractivity contribution is 0.0953. The first-order chi connectivity index (χ1) is 11.1. The third-order valence-electron chi connectivity index (χ3n) is 3.48. The highest BCUT2D eigenvalue weighted by molar-refractivity contribution is 6.31. The minimum Gasteiger partial charge on any atom is -0.360 e. The number of aromatic amines is 1. The Balaban J connectivity index is 1.75. The Hall–Kier alpha value is -2.66. The monoisotopic (exact) mass is 327 g/mol. The number of fused-ring (bicyclic) bond motifs is 1. The van der Waals surface area contributed by atoms with Crippen LogP contribution in [-0.2, 0) is 6.42 Å². The van der Waals surface area contributed by atoms with Gasteiger partial charge in [-0.1, -0.05) is 17.7 Å². The van der Waals surface area contributed by atoms with E-state index in [2.05, 4.69) is 15.3 Å². The van der Waals surface area contributed by atoms with Crippen molar-refractivity contribution in [2.75, 3.05) is 6.54 Å². The summed E-state index contributed by atoms with van der Waals surface area (Å²) in [6.45, 7) is 0.411. The molecule has 0 aliphatic rings. The molecule has 116 valence electrons. The highest BCUT2D eigenvalue weighted by atomic mass is 35.5. The molecular weight excluding hydrogens is 314 g/mol. The van der Waals surface area contributed by atoms with E-state index in [1.807, 2.05) is 18.2 Å². The first-order valence-corrected chi connectivity index (χ1v) is 7.52. The zero-order chi connectivity index (χ0) is 16.2. The summed E-state index contributed by atoms with van der Waals surface area (Å²) in [5.74, 6) is -0.404. The Labute approximate surface area is 137 Å². The van der Waals surface area contributed by atoms with Crippen molar-refractivity contribution in [2.24, 2.45) is 0 Å². The summed E-state index contributed by atoms with van der Waals surface area (Å²) >= 11 is 5.89. The predicted molar refractivity (Wildman–Crippen MR) is 89.9 cm³/mol. The van der Waals surface area contributed by atoms with Crippen LogP contribution >= 0.6 is 11.6 Å². The average Bonchev–Trinajstić information content (AvgIpc) is 2.56. The van der Waals surface area contributed by atoms with Gasteiger partial charge in [0.25, 0.3) is 5.91 Å². The van der Waals surface area contributed by atoms with Gasteiger partial charge in [-0.05, 0) is 30.3 Å². The summed E-state index contributed by atoms with van der Waals surface area (Å²) in [4.78, 5) is 31.7. The van der Waals surface area contributed by atoms with Gasteiger partial charge in [0.05, 0.1) is 5.52 Å². The van der Waals surface area contributed by atoms with Crippen molar-refractivity contribution in [3.63, 3.8) is 0 Å². The number of hydrogen-bond donors (Lipinski definition) is 2. The third-order valence-corrected chi connectivity index (χ3v) is 3.72. The maximum Gasteiger partial charge on any atom is 0.256 e. The number of nitrogens with one attached hydrogen (secondary N) is 2. The number of amides is 1. The van der Waals surface area contributed by atoms with Gasteiger partial charge < -0.3 is 10.3 Å². The summed E-state index contributed by atoms with van der Waals surface area (Å²) in [5.41, 5.74) is 1.26. The fourth-order valence-corrected chi connectivity index (χ4v) is 2.48. The van der Waals surface area contributed by atoms with Gasteiger partial charge in [-0.2, -0.15) is 0 Å². The number of carbonyl (C=O) groups is 1. The molecule has 0 bridgehead atoms. The number of carbonyl (C=O) groups excluding carboxylic acids is 1. The third kappa shape index (κ3) is 3.40. The number of halogens is 1. The van der Waals surface area contributed by atoms with Crippen molar-refractivity contribution >= 4 is 28.4 Å². The maximum absolute atomic E-state index is 12.4. The molecule has 23 heavy (non-hydrogen) atoms. The van der Waals surface area contributed by atoms with Crippen LogP contribution in [0.25, 0.3) is 10.9 Å². The molecule has 0 atom stereocenters. The van der Waals surface area contributed by atoms with Gasteiger partial charge in [0.2, 0.25) is 5.43 Å². The largest absolute Gasteiger partial charge is 0.360 e. The zero-order valence-corrected chi connectivity index (χ0v) is 12.9. The van der Waals surface area contributed by atoms with Gasteiger partial charge in [-0.3, -0.25) is 14.6 Å². The molecule has 3 rings (SSSR count). The Morgan fingerprint density at radius 2 is 2.13 bits per heavy atom. The number of H-pyrrole nitrogens is 1. The van der Waals surface area contributed by atoms with Crippen LogP contribution in [-0.4, -0.2) is 22.4 Å². The number of benzene rings is 1. The van der Waals surface area contributed by atoms with Gasteiger partial charge >= 0.3 is 0 Å². The lowest BCUT2D eigenvalue weighted by Crippen LogP contribution is -2.30. The molecular formula is C17H14ClN3O2. The lowest BCUT2D eigenvalue weighted by atomic mass is 10.1. The molecule has 0 unspecified atom stereocenters. The van der Waals surface area contributed by atoms with Gasteiger partial charge in [0.1, 0.15) is 5.56 Å². The molecule has 0 aliphatic carbocycles. The summed E-state index contributed by atoms with van der Waals surface area (Å²) < 4.78 is 0. The van der Waals surface area contributed by atoms with Crippen molar-refractivity contribution in [1.82, 2.24) is 15.3 Å². The lowest BCUT2D eigenvalue weighted by Gasteiger charge is -2.06. The number of rotatable bonds is 4. The van der Waals surface area contributed by atoms with Gasteiger partial charge in [-0.15, -0.1) is 0 Å². The Bertz CT molecular complexity index is 907. The Morgan fingerprint density at radius 1 is 1.26 bits per heavy atom. The van der Waals surface area contributed by atoms with Crippen LogP contribution in [0.1, 0.15) is 16.1 Å². The molecule has 6 heteroatoms. The highest BCUT2D eigenvalue weighted by Crippen LogP contribution is 2.15. The fourth-order valence-electron chi connectivity index (χ4n) is 2.31. The second-order valence-electron chi connectivity index (χ2n) is 5.05. The second kappa shape index (κ2) is 6.62. The SMILES string of the molecule is O=C(NCCc1ccccn1)c1c[nH]c2cc(Cl)ccc2c1=O. The zero-order valence-electron chi connectivity index (χ0n) is 12.2. The molecule has 0 spiro atoms. The van der Waals surface area contributed by atoms with E-state index < -0.39 is 5.91 Å². The quantitative estimate of drug-likeness (QED) is 0.773. The van der Waals surface area contributed by atoms with Crippen LogP contribution in [0.4, 0.5) is 0 Å². The van der Waals surface area contributed by atoms with E-state index >= 15 is 0 Å². The van der Waals surface area contributed by atoms with Crippen LogP contribution in [0.15, 0.2) is 53.6 Å². The van der Waals surface area contributed by atoms with Crippen molar-refractivity contribution < 1.29 is 4.79 Å². The number of hydrogen-bond acceptors (Lipinski definition) is 3. The fraction of sp³-hybridized carbons (Fsp3) is 0.118. The summed E-state index contributed by atoms with van der Waals surface area (Å²) in [7, 11) is 0. The molecule has 2 aromatic heterocycles. The predicted octanol–water partition coefficient (Wildman–Crippen LogP) is 2.55. The smallest absolute Gasteiger partial charge is 0.256 e. The van der Waals surface area contributed by atoms with E-state index in [9.17, 15) is 9.59 Å². The summed E-state index contributed by atoms with van der Waals surface area (Å²) in [5, 5.41) is 3.70. The highest BCUT2D eigenvalue weighted by Gasteiger charge is 2.12. The Kier molecular flexibility index (Phi) is 4.39. The minimum absolute atomic E-state index is 0.0841. The van der Waals surface area contributed by atoms with Crippen LogP contribution in [0, 0.1) is 0 Å². The van der Waals surface area contributed by atoms with E-state index in [0.717, 1.165) is 5.69 Å². The van der Waals surface area contributed by atoms with Crippen molar-refractivity contribution in [3.8, 4) is 0 Å². The first kappa shape index (κ1) is 15.2. The van der Waals surface area contributed by atoms with Crippen LogP contribution in [0.2, 0.25) is 5.02 Å². The van der Waals surface area contributed by atoms with Gasteiger partial charge in [0, 0.05) is 41.5 Å². The molecule has 2 heterocycles. The van der Waals surface area contributed by atoms with Crippen LogP contribution in [0.3, 0.4) is 0 Å². The molecule has 3 aromatic rings. The maximum atomic E-state index is 12.4. The van der Waals surface area contributed by atoms with E-state index in [-0.39, 0.29) is 11.0 Å². The topological polar surface area (TPSA) is 74.8 Å². The summed E-state index contributed by atoms with van der Waals surface area (Å²) in [6, 6.07) is 10.5. The van der Waals surface area contributed by atoms with Crippen LogP contribution in [0.5, 0.6) is 0 Å². The molecule has 1 aromatic carbocycles. The molecule has 0 saturated carbocycles. The molecule has 5 nitrogen and oxygen atoms in total. The second-order valence-corrected chi connectivity index (χ2v) is 5.48. The van der Waals surface area contributed by atoms with Gasteiger partial charge in [0.15, 0.2) is 0 Å². The number of pyridine rings is 2. The molecule has 1 amide bonds. The number of nitrogens with zero attached hydrogens (tertiary/aromatic N) is 1. The number of aromatic nitrogens is 2. The molecule has 2 N–H and O–H groups in total. The average molecular weight is 328 g/mol. The van der Waals surface area contributed by atoms with Crippen molar-refractivity contribution in [3.05, 3.63) is 75.3 Å². The molecule has 0 fully saturated rings. The molecule has 0 saturated heterocycles. The molecule has 0 radical (unpaired) electrons. The van der Waals surface area contributed by atoms with E-state index in [4.69, 9.17) is 11.6 Å². The summed E-state index contributed by atoms with van der Waals surface area (Å²) in [6.07, 6.45) is 3.72. The van der Waals surface area contributed by atoms with E-state index in [1.165, 1.54) is 6.20 Å². The Morgan fingerprint density at radius 3 is 2.91 bits per heavy atom. The van der Waals surface area contributed by atoms with Gasteiger partial charge in [-0.25, -0.2) is 0 Å². The van der Waals surface area contributed by atoms with E-state index in [0.29, 0.717) is 28.9 Å².